The van der Waals surface area contributed by atoms with Gasteiger partial charge in [0.1, 0.15) is 11.5 Å². The highest BCUT2D eigenvalue weighted by Crippen LogP contribution is 2.28. The summed E-state index contributed by atoms with van der Waals surface area (Å²) in [7, 11) is 3.34. The van der Waals surface area contributed by atoms with Crippen molar-refractivity contribution in [3.05, 3.63) is 35.7 Å². The minimum atomic E-state index is -0.0584. The van der Waals surface area contributed by atoms with Crippen molar-refractivity contribution in [1.29, 1.82) is 0 Å². The molecule has 2 aromatic rings. The van der Waals surface area contributed by atoms with Crippen LogP contribution in [0.25, 0.3) is 0 Å². The van der Waals surface area contributed by atoms with Crippen LogP contribution < -0.4 is 9.47 Å². The number of benzene rings is 1. The minimum Gasteiger partial charge on any atom is -0.497 e. The number of ether oxygens (including phenoxy) is 2. The summed E-state index contributed by atoms with van der Waals surface area (Å²) < 4.78 is 12.7. The Hall–Kier alpha value is -2.61. The number of nitrogens with zero attached hydrogens (tertiary/aromatic N) is 5. The zero-order valence-corrected chi connectivity index (χ0v) is 17.8. The normalized spacial score (nSPS) is 17.2. The molecule has 1 unspecified atom stereocenters. The first-order valence-electron chi connectivity index (χ1n) is 10.2. The van der Waals surface area contributed by atoms with Crippen LogP contribution in [-0.2, 0) is 6.54 Å². The van der Waals surface area contributed by atoms with E-state index in [0.717, 1.165) is 49.5 Å². The molecule has 1 atom stereocenters. The lowest BCUT2D eigenvalue weighted by Gasteiger charge is -2.32. The van der Waals surface area contributed by atoms with Gasteiger partial charge in [-0.25, -0.2) is 4.68 Å². The molecule has 1 fully saturated rings. The van der Waals surface area contributed by atoms with Crippen LogP contribution in [0.1, 0.15) is 48.8 Å². The summed E-state index contributed by atoms with van der Waals surface area (Å²) in [6.07, 6.45) is 3.89. The summed E-state index contributed by atoms with van der Waals surface area (Å²) in [5, 5.41) is 8.39. The quantitative estimate of drug-likeness (QED) is 0.677. The average molecular weight is 402 g/mol. The summed E-state index contributed by atoms with van der Waals surface area (Å²) in [6.45, 7) is 7.95. The monoisotopic (exact) mass is 401 g/mol. The number of aromatic nitrogens is 3. The number of likely N-dealkylation sites (tertiary alicyclic amines) is 1. The molecular formula is C21H31N5O3. The summed E-state index contributed by atoms with van der Waals surface area (Å²) in [4.78, 5) is 16.7. The third-order valence-electron chi connectivity index (χ3n) is 5.52. The standard InChI is InChI=1S/C21H31N5O3/c1-5-25(6-2)21(27)19-15-26(23-22-19)17-8-7-11-24(14-17)13-16-9-10-18(28-3)12-20(16)29-4/h9-10,12,15,17H,5-8,11,13-14H2,1-4H3. The van der Waals surface area contributed by atoms with Gasteiger partial charge in [0.15, 0.2) is 5.69 Å². The number of piperidine rings is 1. The topological polar surface area (TPSA) is 72.7 Å². The van der Waals surface area contributed by atoms with E-state index in [1.54, 1.807) is 25.3 Å². The van der Waals surface area contributed by atoms with Crippen LogP contribution in [0.5, 0.6) is 11.5 Å². The SMILES string of the molecule is CCN(CC)C(=O)c1cn(C2CCCN(Cc3ccc(OC)cc3OC)C2)nn1. The van der Waals surface area contributed by atoms with E-state index in [0.29, 0.717) is 18.8 Å². The van der Waals surface area contributed by atoms with E-state index in [2.05, 4.69) is 21.3 Å². The van der Waals surface area contributed by atoms with E-state index in [1.807, 2.05) is 30.7 Å². The van der Waals surface area contributed by atoms with Crippen LogP contribution >= 0.6 is 0 Å². The lowest BCUT2D eigenvalue weighted by Crippen LogP contribution is -2.36. The average Bonchev–Trinajstić information content (AvgIpc) is 3.25. The zero-order chi connectivity index (χ0) is 20.8. The maximum atomic E-state index is 12.5. The molecule has 2 heterocycles. The van der Waals surface area contributed by atoms with Crippen LogP contribution in [0.2, 0.25) is 0 Å². The van der Waals surface area contributed by atoms with Crippen LogP contribution in [0, 0.1) is 0 Å². The van der Waals surface area contributed by atoms with Gasteiger partial charge in [0.25, 0.3) is 5.91 Å². The van der Waals surface area contributed by atoms with Crippen LogP contribution in [0.15, 0.2) is 24.4 Å². The molecule has 1 aromatic heterocycles. The van der Waals surface area contributed by atoms with Gasteiger partial charge >= 0.3 is 0 Å². The fraction of sp³-hybridized carbons (Fsp3) is 0.571. The Morgan fingerprint density at radius 2 is 2.03 bits per heavy atom. The van der Waals surface area contributed by atoms with Crippen molar-refractivity contribution < 1.29 is 14.3 Å². The molecule has 29 heavy (non-hydrogen) atoms. The van der Waals surface area contributed by atoms with Crippen LogP contribution in [0.3, 0.4) is 0 Å². The molecule has 0 bridgehead atoms. The van der Waals surface area contributed by atoms with Crippen molar-refractivity contribution in [1.82, 2.24) is 24.8 Å². The minimum absolute atomic E-state index is 0.0584. The number of hydrogen-bond donors (Lipinski definition) is 0. The Bertz CT molecular complexity index is 818. The summed E-state index contributed by atoms with van der Waals surface area (Å²) >= 11 is 0. The largest absolute Gasteiger partial charge is 0.497 e. The first-order chi connectivity index (χ1) is 14.1. The molecule has 0 spiro atoms. The molecule has 1 aromatic carbocycles. The molecule has 0 N–H and O–H groups in total. The molecule has 1 aliphatic rings. The molecule has 0 radical (unpaired) electrons. The Kier molecular flexibility index (Phi) is 7.09. The summed E-state index contributed by atoms with van der Waals surface area (Å²) in [6, 6.07) is 6.14. The first-order valence-corrected chi connectivity index (χ1v) is 10.2. The van der Waals surface area contributed by atoms with Crippen molar-refractivity contribution in [2.75, 3.05) is 40.4 Å². The van der Waals surface area contributed by atoms with Gasteiger partial charge in [-0.05, 0) is 39.3 Å². The van der Waals surface area contributed by atoms with Crippen LogP contribution in [0.4, 0.5) is 0 Å². The summed E-state index contributed by atoms with van der Waals surface area (Å²) in [5.41, 5.74) is 1.55. The highest BCUT2D eigenvalue weighted by atomic mass is 16.5. The molecule has 1 aliphatic heterocycles. The number of carbonyl (C=O) groups excluding carboxylic acids is 1. The highest BCUT2D eigenvalue weighted by molar-refractivity contribution is 5.91. The zero-order valence-electron chi connectivity index (χ0n) is 17.8. The van der Waals surface area contributed by atoms with Crippen molar-refractivity contribution in [3.8, 4) is 11.5 Å². The Morgan fingerprint density at radius 1 is 1.24 bits per heavy atom. The predicted molar refractivity (Wildman–Crippen MR) is 110 cm³/mol. The fourth-order valence-corrected chi connectivity index (χ4v) is 3.84. The highest BCUT2D eigenvalue weighted by Gasteiger charge is 2.25. The van der Waals surface area contributed by atoms with Gasteiger partial charge in [-0.2, -0.15) is 0 Å². The van der Waals surface area contributed by atoms with E-state index < -0.39 is 0 Å². The second-order valence-corrected chi connectivity index (χ2v) is 7.27. The number of carbonyl (C=O) groups is 1. The molecule has 158 valence electrons. The third kappa shape index (κ3) is 4.87. The third-order valence-corrected chi connectivity index (χ3v) is 5.52. The van der Waals surface area contributed by atoms with Gasteiger partial charge in [0, 0.05) is 37.8 Å². The van der Waals surface area contributed by atoms with Crippen LogP contribution in [-0.4, -0.2) is 71.1 Å². The lowest BCUT2D eigenvalue weighted by molar-refractivity contribution is 0.0767. The second kappa shape index (κ2) is 9.73. The Morgan fingerprint density at radius 3 is 2.72 bits per heavy atom. The smallest absolute Gasteiger partial charge is 0.276 e. The summed E-state index contributed by atoms with van der Waals surface area (Å²) in [5.74, 6) is 1.56. The van der Waals surface area contributed by atoms with Gasteiger partial charge in [-0.3, -0.25) is 9.69 Å². The van der Waals surface area contributed by atoms with Gasteiger partial charge in [0.2, 0.25) is 0 Å². The Labute approximate surface area is 172 Å². The number of rotatable bonds is 8. The van der Waals surface area contributed by atoms with E-state index in [1.165, 1.54) is 0 Å². The molecule has 3 rings (SSSR count). The van der Waals surface area contributed by atoms with Gasteiger partial charge < -0.3 is 14.4 Å². The molecule has 1 saturated heterocycles. The van der Waals surface area contributed by atoms with Crippen molar-refractivity contribution >= 4 is 5.91 Å². The van der Waals surface area contributed by atoms with Crippen molar-refractivity contribution in [2.45, 2.75) is 39.3 Å². The van der Waals surface area contributed by atoms with E-state index in [-0.39, 0.29) is 11.9 Å². The van der Waals surface area contributed by atoms with Gasteiger partial charge in [-0.15, -0.1) is 5.10 Å². The van der Waals surface area contributed by atoms with Crippen molar-refractivity contribution in [3.63, 3.8) is 0 Å². The number of hydrogen-bond acceptors (Lipinski definition) is 6. The van der Waals surface area contributed by atoms with Gasteiger partial charge in [0.05, 0.1) is 26.5 Å². The Balaban J connectivity index is 1.68. The predicted octanol–water partition coefficient (Wildman–Crippen LogP) is 2.61. The number of amides is 1. The molecule has 8 heteroatoms. The molecule has 0 saturated carbocycles. The lowest BCUT2D eigenvalue weighted by atomic mass is 10.0. The van der Waals surface area contributed by atoms with E-state index in [9.17, 15) is 4.79 Å². The van der Waals surface area contributed by atoms with E-state index in [4.69, 9.17) is 9.47 Å². The second-order valence-electron chi connectivity index (χ2n) is 7.27. The molecule has 8 nitrogen and oxygen atoms in total. The molecule has 0 aliphatic carbocycles. The van der Waals surface area contributed by atoms with Gasteiger partial charge in [-0.1, -0.05) is 11.3 Å². The first kappa shape index (κ1) is 21.1. The van der Waals surface area contributed by atoms with Crippen molar-refractivity contribution in [2.24, 2.45) is 0 Å². The molecule has 1 amide bonds. The maximum absolute atomic E-state index is 12.5. The number of methoxy groups -OCH3 is 2. The fourth-order valence-electron chi connectivity index (χ4n) is 3.84. The maximum Gasteiger partial charge on any atom is 0.276 e. The molecular weight excluding hydrogens is 370 g/mol. The van der Waals surface area contributed by atoms with E-state index >= 15 is 0 Å².